The number of amides is 1. The number of carbonyl (C=O) groups excluding carboxylic acids is 1. The van der Waals surface area contributed by atoms with Crippen LogP contribution >= 0.6 is 0 Å². The van der Waals surface area contributed by atoms with Crippen LogP contribution in [0.25, 0.3) is 6.08 Å². The van der Waals surface area contributed by atoms with Gasteiger partial charge in [-0.05, 0) is 36.6 Å². The standard InChI is InChI=1S/C13H11N3O3/c14-9-13(7-8-13)15-12(17)6-3-10-1-4-11(5-2-10)16(18)19/h1-6H,7-8H2,(H,15,17)/b6-3-. The summed E-state index contributed by atoms with van der Waals surface area (Å²) in [5, 5.41) is 21.9. The van der Waals surface area contributed by atoms with Gasteiger partial charge in [-0.25, -0.2) is 0 Å². The maximum atomic E-state index is 11.5. The third-order valence-corrected chi connectivity index (χ3v) is 2.86. The van der Waals surface area contributed by atoms with E-state index in [2.05, 4.69) is 11.4 Å². The molecule has 1 amide bonds. The van der Waals surface area contributed by atoms with Crippen LogP contribution in [0.4, 0.5) is 5.69 Å². The molecule has 0 unspecified atom stereocenters. The molecule has 0 spiro atoms. The largest absolute Gasteiger partial charge is 0.334 e. The summed E-state index contributed by atoms with van der Waals surface area (Å²) in [5.41, 5.74) is 0.00208. The molecule has 19 heavy (non-hydrogen) atoms. The van der Waals surface area contributed by atoms with Gasteiger partial charge in [0.25, 0.3) is 5.69 Å². The molecule has 1 N–H and O–H groups in total. The fraction of sp³-hybridized carbons (Fsp3) is 0.231. The maximum Gasteiger partial charge on any atom is 0.269 e. The smallest absolute Gasteiger partial charge is 0.269 e. The van der Waals surface area contributed by atoms with Gasteiger partial charge in [0, 0.05) is 18.2 Å². The number of carbonyl (C=O) groups is 1. The average molecular weight is 257 g/mol. The van der Waals surface area contributed by atoms with Crippen molar-refractivity contribution in [1.29, 1.82) is 5.26 Å². The van der Waals surface area contributed by atoms with Crippen LogP contribution in [0.15, 0.2) is 30.3 Å². The van der Waals surface area contributed by atoms with Gasteiger partial charge in [0.2, 0.25) is 5.91 Å². The van der Waals surface area contributed by atoms with Crippen LogP contribution < -0.4 is 5.32 Å². The van der Waals surface area contributed by atoms with Crippen LogP contribution in [-0.4, -0.2) is 16.4 Å². The van der Waals surface area contributed by atoms with Gasteiger partial charge in [-0.3, -0.25) is 14.9 Å². The second-order valence-corrected chi connectivity index (χ2v) is 4.37. The summed E-state index contributed by atoms with van der Waals surface area (Å²) in [4.78, 5) is 21.5. The number of nitrogens with one attached hydrogen (secondary N) is 1. The van der Waals surface area contributed by atoms with Crippen LogP contribution in [0.5, 0.6) is 0 Å². The molecule has 1 aliphatic rings. The van der Waals surface area contributed by atoms with E-state index in [1.54, 1.807) is 18.2 Å². The Labute approximate surface area is 109 Å². The van der Waals surface area contributed by atoms with Crippen molar-refractivity contribution in [2.75, 3.05) is 0 Å². The zero-order valence-electron chi connectivity index (χ0n) is 10.00. The Balaban J connectivity index is 1.97. The average Bonchev–Trinajstić information content (AvgIpc) is 3.17. The molecule has 0 saturated heterocycles. The van der Waals surface area contributed by atoms with Crippen molar-refractivity contribution in [2.45, 2.75) is 18.4 Å². The monoisotopic (exact) mass is 257 g/mol. The van der Waals surface area contributed by atoms with Gasteiger partial charge in [0.15, 0.2) is 0 Å². The Hall–Kier alpha value is -2.68. The van der Waals surface area contributed by atoms with Crippen molar-refractivity contribution in [3.63, 3.8) is 0 Å². The number of rotatable bonds is 4. The lowest BCUT2D eigenvalue weighted by Crippen LogP contribution is -2.34. The molecule has 6 nitrogen and oxygen atoms in total. The molecular weight excluding hydrogens is 246 g/mol. The van der Waals surface area contributed by atoms with E-state index in [0.717, 1.165) is 0 Å². The number of hydrogen-bond donors (Lipinski definition) is 1. The van der Waals surface area contributed by atoms with Crippen molar-refractivity contribution in [2.24, 2.45) is 0 Å². The van der Waals surface area contributed by atoms with Crippen molar-refractivity contribution in [3.8, 4) is 6.07 Å². The number of non-ortho nitro benzene ring substituents is 1. The topological polar surface area (TPSA) is 96.0 Å². The lowest BCUT2D eigenvalue weighted by molar-refractivity contribution is -0.384. The quantitative estimate of drug-likeness (QED) is 0.505. The van der Waals surface area contributed by atoms with Crippen LogP contribution in [-0.2, 0) is 4.79 Å². The molecule has 2 rings (SSSR count). The summed E-state index contributed by atoms with van der Waals surface area (Å²) in [5.74, 6) is -0.336. The van der Waals surface area contributed by atoms with E-state index in [9.17, 15) is 14.9 Å². The molecule has 0 aliphatic heterocycles. The zero-order chi connectivity index (χ0) is 13.9. The molecule has 1 aromatic rings. The highest BCUT2D eigenvalue weighted by molar-refractivity contribution is 5.92. The van der Waals surface area contributed by atoms with Gasteiger partial charge >= 0.3 is 0 Å². The molecule has 96 valence electrons. The Bertz CT molecular complexity index is 580. The summed E-state index contributed by atoms with van der Waals surface area (Å²) in [7, 11) is 0. The lowest BCUT2D eigenvalue weighted by atomic mass is 10.2. The van der Waals surface area contributed by atoms with Crippen LogP contribution in [0, 0.1) is 21.4 Å². The van der Waals surface area contributed by atoms with Gasteiger partial charge in [0.1, 0.15) is 5.54 Å². The summed E-state index contributed by atoms with van der Waals surface area (Å²) in [6.07, 6.45) is 4.23. The SMILES string of the molecule is N#CC1(NC(=O)/C=C\c2ccc([N+](=O)[O-])cc2)CC1. The highest BCUT2D eigenvalue weighted by Crippen LogP contribution is 2.34. The highest BCUT2D eigenvalue weighted by atomic mass is 16.6. The molecule has 1 fully saturated rings. The number of benzene rings is 1. The first kappa shape index (κ1) is 12.8. The van der Waals surface area contributed by atoms with Gasteiger partial charge in [-0.15, -0.1) is 0 Å². The van der Waals surface area contributed by atoms with E-state index in [1.807, 2.05) is 0 Å². The zero-order valence-corrected chi connectivity index (χ0v) is 10.00. The summed E-state index contributed by atoms with van der Waals surface area (Å²) >= 11 is 0. The first-order chi connectivity index (χ1) is 9.04. The lowest BCUT2D eigenvalue weighted by Gasteiger charge is -2.05. The number of hydrogen-bond acceptors (Lipinski definition) is 4. The number of nitrogens with zero attached hydrogens (tertiary/aromatic N) is 2. The van der Waals surface area contributed by atoms with E-state index in [0.29, 0.717) is 18.4 Å². The Morgan fingerprint density at radius 3 is 2.53 bits per heavy atom. The first-order valence-electron chi connectivity index (χ1n) is 5.71. The second-order valence-electron chi connectivity index (χ2n) is 4.37. The maximum absolute atomic E-state index is 11.5. The van der Waals surface area contributed by atoms with Crippen molar-refractivity contribution in [1.82, 2.24) is 5.32 Å². The van der Waals surface area contributed by atoms with Crippen molar-refractivity contribution in [3.05, 3.63) is 46.0 Å². The second kappa shape index (κ2) is 4.90. The van der Waals surface area contributed by atoms with E-state index in [4.69, 9.17) is 5.26 Å². The van der Waals surface area contributed by atoms with E-state index in [1.165, 1.54) is 18.2 Å². The number of nitriles is 1. The fourth-order valence-electron chi connectivity index (χ4n) is 1.55. The molecule has 6 heteroatoms. The van der Waals surface area contributed by atoms with E-state index >= 15 is 0 Å². The van der Waals surface area contributed by atoms with Gasteiger partial charge in [-0.1, -0.05) is 0 Å². The van der Waals surface area contributed by atoms with E-state index in [-0.39, 0.29) is 11.6 Å². The number of nitro groups is 1. The fourth-order valence-corrected chi connectivity index (χ4v) is 1.55. The Morgan fingerprint density at radius 1 is 1.42 bits per heavy atom. The molecule has 1 saturated carbocycles. The van der Waals surface area contributed by atoms with Crippen LogP contribution in [0.1, 0.15) is 18.4 Å². The van der Waals surface area contributed by atoms with E-state index < -0.39 is 10.5 Å². The molecular formula is C13H11N3O3. The van der Waals surface area contributed by atoms with Gasteiger partial charge in [0.05, 0.1) is 11.0 Å². The predicted molar refractivity (Wildman–Crippen MR) is 67.9 cm³/mol. The molecule has 1 aromatic carbocycles. The normalized spacial score (nSPS) is 15.7. The first-order valence-corrected chi connectivity index (χ1v) is 5.71. The molecule has 0 aromatic heterocycles. The molecule has 0 radical (unpaired) electrons. The Kier molecular flexibility index (Phi) is 3.29. The van der Waals surface area contributed by atoms with Gasteiger partial charge in [-0.2, -0.15) is 5.26 Å². The third kappa shape index (κ3) is 3.16. The Morgan fingerprint density at radius 2 is 2.05 bits per heavy atom. The highest BCUT2D eigenvalue weighted by Gasteiger charge is 2.44. The number of nitro benzene ring substituents is 1. The van der Waals surface area contributed by atoms with Crippen LogP contribution in [0.3, 0.4) is 0 Å². The minimum atomic E-state index is -0.684. The predicted octanol–water partition coefficient (Wildman–Crippen LogP) is 1.78. The van der Waals surface area contributed by atoms with Crippen molar-refractivity contribution < 1.29 is 9.72 Å². The van der Waals surface area contributed by atoms with Crippen molar-refractivity contribution >= 4 is 17.7 Å². The van der Waals surface area contributed by atoms with Gasteiger partial charge < -0.3 is 5.32 Å². The minimum absolute atomic E-state index is 0.00279. The molecule has 0 heterocycles. The molecule has 0 bridgehead atoms. The third-order valence-electron chi connectivity index (χ3n) is 2.86. The molecule has 0 atom stereocenters. The summed E-state index contributed by atoms with van der Waals surface area (Å²) < 4.78 is 0. The summed E-state index contributed by atoms with van der Waals surface area (Å²) in [6.45, 7) is 0. The molecule has 1 aliphatic carbocycles. The van der Waals surface area contributed by atoms with Crippen LogP contribution in [0.2, 0.25) is 0 Å². The summed E-state index contributed by atoms with van der Waals surface area (Å²) in [6, 6.07) is 7.91. The minimum Gasteiger partial charge on any atom is -0.334 e.